The number of amides is 1. The van der Waals surface area contributed by atoms with Crippen LogP contribution in [0.1, 0.15) is 19.8 Å². The summed E-state index contributed by atoms with van der Waals surface area (Å²) in [6.07, 6.45) is 2.10. The molecule has 0 spiro atoms. The normalized spacial score (nSPS) is 12.2. The number of halogens is 1. The van der Waals surface area contributed by atoms with Crippen LogP contribution in [0.2, 0.25) is 5.02 Å². The number of para-hydroxylation sites is 1. The lowest BCUT2D eigenvalue weighted by atomic mass is 10.2. The first-order chi connectivity index (χ1) is 16.6. The van der Waals surface area contributed by atoms with Crippen molar-refractivity contribution in [2.45, 2.75) is 36.1 Å². The van der Waals surface area contributed by atoms with E-state index in [2.05, 4.69) is 22.3 Å². The molecule has 0 fully saturated rings. The van der Waals surface area contributed by atoms with Crippen LogP contribution in [-0.2, 0) is 11.3 Å². The molecule has 0 aliphatic carbocycles. The Kier molecular flexibility index (Phi) is 6.51. The van der Waals surface area contributed by atoms with Crippen molar-refractivity contribution in [2.24, 2.45) is 0 Å². The monoisotopic (exact) mass is 491 g/mol. The maximum absolute atomic E-state index is 13.4. The van der Waals surface area contributed by atoms with Crippen LogP contribution in [0, 0.1) is 0 Å². The molecule has 172 valence electrons. The van der Waals surface area contributed by atoms with Gasteiger partial charge in [-0.15, -0.1) is 10.2 Å². The molecule has 34 heavy (non-hydrogen) atoms. The number of ether oxygens (including phenoxy) is 1. The lowest BCUT2D eigenvalue weighted by Gasteiger charge is -2.31. The molecule has 1 aliphatic heterocycles. The van der Waals surface area contributed by atoms with Crippen molar-refractivity contribution in [2.75, 3.05) is 11.5 Å². The standard InChI is InChI=1S/C25H22ClN5O2S/c1-2-3-14-33-19-11-8-17(9-12-19)25-27-29-30(28-25)16-24(32)31-20-6-4-5-7-22(20)34-23-13-10-18(26)15-21(23)31/h4-13,15H,2-3,14,16H2,1H3. The maximum Gasteiger partial charge on any atom is 0.255 e. The highest BCUT2D eigenvalue weighted by Gasteiger charge is 2.29. The van der Waals surface area contributed by atoms with Crippen LogP contribution in [0.3, 0.4) is 0 Å². The van der Waals surface area contributed by atoms with E-state index in [0.717, 1.165) is 45.3 Å². The van der Waals surface area contributed by atoms with E-state index in [9.17, 15) is 4.79 Å². The second kappa shape index (κ2) is 9.87. The molecule has 1 aromatic heterocycles. The van der Waals surface area contributed by atoms with E-state index in [0.29, 0.717) is 17.5 Å². The number of hydrogen-bond donors (Lipinski definition) is 0. The summed E-state index contributed by atoms with van der Waals surface area (Å²) < 4.78 is 5.71. The van der Waals surface area contributed by atoms with Gasteiger partial charge in [0.25, 0.3) is 5.91 Å². The Morgan fingerprint density at radius 1 is 1.03 bits per heavy atom. The second-order valence-electron chi connectivity index (χ2n) is 7.78. The molecule has 4 aromatic rings. The van der Waals surface area contributed by atoms with Gasteiger partial charge >= 0.3 is 0 Å². The zero-order valence-electron chi connectivity index (χ0n) is 18.5. The highest BCUT2D eigenvalue weighted by Crippen LogP contribution is 2.48. The molecular weight excluding hydrogens is 470 g/mol. The van der Waals surface area contributed by atoms with Crippen LogP contribution in [0.25, 0.3) is 11.4 Å². The molecule has 1 amide bonds. The van der Waals surface area contributed by atoms with E-state index in [4.69, 9.17) is 16.3 Å². The molecule has 0 saturated carbocycles. The van der Waals surface area contributed by atoms with E-state index in [1.54, 1.807) is 16.7 Å². The predicted molar refractivity (Wildman–Crippen MR) is 133 cm³/mol. The number of fused-ring (bicyclic) bond motifs is 2. The second-order valence-corrected chi connectivity index (χ2v) is 9.30. The van der Waals surface area contributed by atoms with Gasteiger partial charge in [0.15, 0.2) is 0 Å². The van der Waals surface area contributed by atoms with E-state index in [1.165, 1.54) is 4.80 Å². The molecule has 0 bridgehead atoms. The Bertz CT molecular complexity index is 1330. The van der Waals surface area contributed by atoms with Crippen molar-refractivity contribution in [3.8, 4) is 17.1 Å². The number of aromatic nitrogens is 4. The Labute approximate surface area is 206 Å². The molecule has 2 heterocycles. The number of nitrogens with zero attached hydrogens (tertiary/aromatic N) is 5. The van der Waals surface area contributed by atoms with E-state index in [1.807, 2.05) is 66.7 Å². The smallest absolute Gasteiger partial charge is 0.255 e. The Morgan fingerprint density at radius 2 is 1.82 bits per heavy atom. The van der Waals surface area contributed by atoms with Gasteiger partial charge in [-0.25, -0.2) is 0 Å². The quantitative estimate of drug-likeness (QED) is 0.295. The van der Waals surface area contributed by atoms with Crippen LogP contribution in [-0.4, -0.2) is 32.7 Å². The fraction of sp³-hybridized carbons (Fsp3) is 0.200. The average molecular weight is 492 g/mol. The molecule has 0 atom stereocenters. The maximum atomic E-state index is 13.4. The lowest BCUT2D eigenvalue weighted by molar-refractivity contribution is -0.118. The number of rotatable bonds is 7. The first kappa shape index (κ1) is 22.4. The number of hydrogen-bond acceptors (Lipinski definition) is 6. The molecule has 1 aliphatic rings. The fourth-order valence-corrected chi connectivity index (χ4v) is 4.85. The van der Waals surface area contributed by atoms with Crippen molar-refractivity contribution in [1.82, 2.24) is 20.2 Å². The number of benzene rings is 3. The topological polar surface area (TPSA) is 73.1 Å². The number of tetrazole rings is 1. The summed E-state index contributed by atoms with van der Waals surface area (Å²) in [5.74, 6) is 1.07. The first-order valence-electron chi connectivity index (χ1n) is 11.0. The van der Waals surface area contributed by atoms with Gasteiger partial charge in [0.05, 0.1) is 18.0 Å². The van der Waals surface area contributed by atoms with Gasteiger partial charge in [0.2, 0.25) is 5.82 Å². The van der Waals surface area contributed by atoms with Gasteiger partial charge in [-0.3, -0.25) is 9.69 Å². The zero-order valence-corrected chi connectivity index (χ0v) is 20.1. The molecule has 0 unspecified atom stereocenters. The van der Waals surface area contributed by atoms with Crippen LogP contribution in [0.5, 0.6) is 5.75 Å². The number of unbranched alkanes of at least 4 members (excludes halogenated alkanes) is 1. The molecule has 7 nitrogen and oxygen atoms in total. The molecule has 0 radical (unpaired) electrons. The molecule has 3 aromatic carbocycles. The van der Waals surface area contributed by atoms with E-state index in [-0.39, 0.29) is 12.5 Å². The Balaban J connectivity index is 1.36. The largest absolute Gasteiger partial charge is 0.494 e. The summed E-state index contributed by atoms with van der Waals surface area (Å²) >= 11 is 7.87. The highest BCUT2D eigenvalue weighted by atomic mass is 35.5. The summed E-state index contributed by atoms with van der Waals surface area (Å²) in [5.41, 5.74) is 2.37. The number of carbonyl (C=O) groups is 1. The zero-order chi connectivity index (χ0) is 23.5. The summed E-state index contributed by atoms with van der Waals surface area (Å²) in [6.45, 7) is 2.76. The number of anilines is 2. The third-order valence-electron chi connectivity index (χ3n) is 5.35. The Hall–Kier alpha value is -3.36. The summed E-state index contributed by atoms with van der Waals surface area (Å²) in [5, 5.41) is 13.2. The van der Waals surface area contributed by atoms with Crippen LogP contribution < -0.4 is 9.64 Å². The number of carbonyl (C=O) groups excluding carboxylic acids is 1. The average Bonchev–Trinajstić information content (AvgIpc) is 3.31. The molecule has 0 saturated heterocycles. The third kappa shape index (κ3) is 4.64. The summed E-state index contributed by atoms with van der Waals surface area (Å²) in [6, 6.07) is 20.9. The van der Waals surface area contributed by atoms with Gasteiger partial charge in [-0.05, 0) is 66.2 Å². The van der Waals surface area contributed by atoms with Crippen molar-refractivity contribution >= 4 is 40.6 Å². The Morgan fingerprint density at radius 3 is 2.65 bits per heavy atom. The fourth-order valence-electron chi connectivity index (χ4n) is 3.65. The van der Waals surface area contributed by atoms with Crippen LogP contribution in [0.15, 0.2) is 76.5 Å². The van der Waals surface area contributed by atoms with E-state index < -0.39 is 0 Å². The molecular formula is C25H22ClN5O2S. The van der Waals surface area contributed by atoms with Crippen LogP contribution >= 0.6 is 23.4 Å². The lowest BCUT2D eigenvalue weighted by Crippen LogP contribution is -2.32. The van der Waals surface area contributed by atoms with Gasteiger partial charge in [-0.1, -0.05) is 48.8 Å². The van der Waals surface area contributed by atoms with E-state index >= 15 is 0 Å². The van der Waals surface area contributed by atoms with Gasteiger partial charge in [-0.2, -0.15) is 4.80 Å². The minimum atomic E-state index is -0.181. The van der Waals surface area contributed by atoms with Gasteiger partial charge in [0.1, 0.15) is 12.3 Å². The van der Waals surface area contributed by atoms with Crippen LogP contribution in [0.4, 0.5) is 11.4 Å². The minimum Gasteiger partial charge on any atom is -0.494 e. The highest BCUT2D eigenvalue weighted by molar-refractivity contribution is 7.99. The molecule has 5 rings (SSSR count). The first-order valence-corrected chi connectivity index (χ1v) is 12.2. The minimum absolute atomic E-state index is 0.0594. The van der Waals surface area contributed by atoms with Gasteiger partial charge in [0, 0.05) is 20.4 Å². The van der Waals surface area contributed by atoms with Crippen molar-refractivity contribution in [1.29, 1.82) is 0 Å². The van der Waals surface area contributed by atoms with Crippen molar-refractivity contribution in [3.05, 3.63) is 71.8 Å². The van der Waals surface area contributed by atoms with Crippen molar-refractivity contribution in [3.63, 3.8) is 0 Å². The SMILES string of the molecule is CCCCOc1ccc(-c2nnn(CC(=O)N3c4ccccc4Sc4ccc(Cl)cc43)n2)cc1. The van der Waals surface area contributed by atoms with Gasteiger partial charge < -0.3 is 4.74 Å². The third-order valence-corrected chi connectivity index (χ3v) is 6.71. The molecule has 0 N–H and O–H groups in total. The molecule has 9 heteroatoms. The predicted octanol–water partition coefficient (Wildman–Crippen LogP) is 6.00. The summed E-state index contributed by atoms with van der Waals surface area (Å²) in [7, 11) is 0. The van der Waals surface area contributed by atoms with Crippen molar-refractivity contribution < 1.29 is 9.53 Å². The summed E-state index contributed by atoms with van der Waals surface area (Å²) in [4.78, 5) is 18.4.